The lowest BCUT2D eigenvalue weighted by atomic mass is 10.1. The Morgan fingerprint density at radius 1 is 1.79 bits per heavy atom. The summed E-state index contributed by atoms with van der Waals surface area (Å²) in [5.74, 6) is -0.431. The molecular formula is C10H12BrN2O. The first-order valence-corrected chi connectivity index (χ1v) is 4.95. The lowest BCUT2D eigenvalue weighted by Crippen LogP contribution is -2.27. The van der Waals surface area contributed by atoms with Crippen molar-refractivity contribution in [3.63, 3.8) is 0 Å². The molecule has 1 amide bonds. The summed E-state index contributed by atoms with van der Waals surface area (Å²) < 4.78 is 1.64. The van der Waals surface area contributed by atoms with E-state index < -0.39 is 5.91 Å². The van der Waals surface area contributed by atoms with Crippen LogP contribution in [0.3, 0.4) is 0 Å². The highest BCUT2D eigenvalue weighted by Gasteiger charge is 2.15. The van der Waals surface area contributed by atoms with E-state index in [1.807, 2.05) is 12.5 Å². The zero-order valence-corrected chi connectivity index (χ0v) is 9.33. The Kier molecular flexibility index (Phi) is 3.95. The van der Waals surface area contributed by atoms with Crippen molar-refractivity contribution in [2.75, 3.05) is 6.54 Å². The van der Waals surface area contributed by atoms with E-state index in [9.17, 15) is 4.79 Å². The molecule has 0 aromatic heterocycles. The van der Waals surface area contributed by atoms with Crippen LogP contribution >= 0.6 is 16.1 Å². The average molecular weight is 256 g/mol. The highest BCUT2D eigenvalue weighted by Crippen LogP contribution is 2.20. The van der Waals surface area contributed by atoms with Gasteiger partial charge in [0.2, 0.25) is 0 Å². The predicted molar refractivity (Wildman–Crippen MR) is 60.1 cm³/mol. The summed E-state index contributed by atoms with van der Waals surface area (Å²) in [5, 5.41) is 0. The number of hydrogen-bond acceptors (Lipinski definition) is 2. The van der Waals surface area contributed by atoms with E-state index in [0.717, 1.165) is 12.0 Å². The van der Waals surface area contributed by atoms with E-state index >= 15 is 0 Å². The van der Waals surface area contributed by atoms with Gasteiger partial charge < -0.3 is 5.73 Å². The molecule has 0 saturated heterocycles. The van der Waals surface area contributed by atoms with Gasteiger partial charge in [0, 0.05) is 6.54 Å². The third-order valence-electron chi connectivity index (χ3n) is 1.82. The molecule has 1 rings (SSSR count). The van der Waals surface area contributed by atoms with Crippen LogP contribution in [0, 0.1) is 6.42 Å². The summed E-state index contributed by atoms with van der Waals surface area (Å²) in [6.45, 7) is 4.26. The van der Waals surface area contributed by atoms with Gasteiger partial charge in [0.25, 0.3) is 5.91 Å². The topological polar surface area (TPSA) is 46.3 Å². The van der Waals surface area contributed by atoms with Gasteiger partial charge in [-0.05, 0) is 24.5 Å². The van der Waals surface area contributed by atoms with E-state index in [1.54, 1.807) is 16.1 Å². The predicted octanol–water partition coefficient (Wildman–Crippen LogP) is 1.69. The van der Waals surface area contributed by atoms with Gasteiger partial charge in [0.15, 0.2) is 0 Å². The highest BCUT2D eigenvalue weighted by atomic mass is 79.9. The molecule has 0 saturated carbocycles. The first-order chi connectivity index (χ1) is 6.65. The Labute approximate surface area is 92.3 Å². The molecule has 1 aliphatic heterocycles. The van der Waals surface area contributed by atoms with Crippen molar-refractivity contribution >= 4 is 22.1 Å². The van der Waals surface area contributed by atoms with Gasteiger partial charge in [-0.25, -0.2) is 0 Å². The molecule has 4 heteroatoms. The second-order valence-corrected chi connectivity index (χ2v) is 3.73. The lowest BCUT2D eigenvalue weighted by Gasteiger charge is -2.20. The second kappa shape index (κ2) is 5.00. The number of nitrogens with two attached hydrogens (primary N) is 1. The van der Waals surface area contributed by atoms with Crippen LogP contribution in [0.15, 0.2) is 36.1 Å². The molecule has 0 spiro atoms. The minimum Gasteiger partial charge on any atom is -0.364 e. The van der Waals surface area contributed by atoms with Crippen LogP contribution in [0.4, 0.5) is 0 Å². The summed E-state index contributed by atoms with van der Waals surface area (Å²) in [4.78, 5) is 11.0. The van der Waals surface area contributed by atoms with Gasteiger partial charge in [-0.3, -0.25) is 8.72 Å². The van der Waals surface area contributed by atoms with Crippen molar-refractivity contribution in [3.05, 3.63) is 42.5 Å². The summed E-state index contributed by atoms with van der Waals surface area (Å²) in [5.41, 5.74) is 6.69. The van der Waals surface area contributed by atoms with Crippen LogP contribution in [0.1, 0.15) is 6.42 Å². The standard InChI is InChI=1S/C10H12BrN2O/c1-2-3-4-8-5-6-13(11)9(7-8)10(12)14/h2,4-5,7H,1,3,6H2,(H2,12,14). The van der Waals surface area contributed by atoms with Gasteiger partial charge in [-0.1, -0.05) is 12.2 Å². The Bertz CT molecular complexity index is 307. The van der Waals surface area contributed by atoms with Crippen molar-refractivity contribution in [3.8, 4) is 0 Å². The van der Waals surface area contributed by atoms with E-state index in [1.165, 1.54) is 0 Å². The zero-order valence-electron chi connectivity index (χ0n) is 7.74. The van der Waals surface area contributed by atoms with Crippen molar-refractivity contribution in [1.29, 1.82) is 0 Å². The number of halogens is 1. The number of allylic oxidation sites excluding steroid dienone is 3. The van der Waals surface area contributed by atoms with E-state index in [0.29, 0.717) is 12.2 Å². The van der Waals surface area contributed by atoms with Crippen LogP contribution in [-0.2, 0) is 4.79 Å². The van der Waals surface area contributed by atoms with Gasteiger partial charge in [0.1, 0.15) is 5.70 Å². The first-order valence-electron chi connectivity index (χ1n) is 4.24. The van der Waals surface area contributed by atoms with Gasteiger partial charge in [-0.15, -0.1) is 6.58 Å². The van der Waals surface area contributed by atoms with Crippen LogP contribution in [-0.4, -0.2) is 16.4 Å². The molecule has 0 aliphatic carbocycles. The quantitative estimate of drug-likeness (QED) is 0.614. The molecule has 14 heavy (non-hydrogen) atoms. The highest BCUT2D eigenvalue weighted by molar-refractivity contribution is 9.07. The maximum absolute atomic E-state index is 11.0. The Morgan fingerprint density at radius 2 is 2.50 bits per heavy atom. The molecule has 2 N–H and O–H groups in total. The smallest absolute Gasteiger partial charge is 0.265 e. The summed E-state index contributed by atoms with van der Waals surface area (Å²) in [6, 6.07) is 0. The van der Waals surface area contributed by atoms with E-state index in [2.05, 4.69) is 22.7 Å². The Balaban J connectivity index is 2.72. The molecule has 0 aromatic rings. The molecule has 1 radical (unpaired) electrons. The molecular weight excluding hydrogens is 244 g/mol. The molecule has 0 bridgehead atoms. The Hall–Kier alpha value is -1.03. The molecule has 0 fully saturated rings. The van der Waals surface area contributed by atoms with Crippen molar-refractivity contribution < 1.29 is 4.79 Å². The van der Waals surface area contributed by atoms with Gasteiger partial charge in [-0.2, -0.15) is 0 Å². The number of carbonyl (C=O) groups is 1. The Morgan fingerprint density at radius 3 is 3.07 bits per heavy atom. The zero-order chi connectivity index (χ0) is 10.6. The van der Waals surface area contributed by atoms with Crippen molar-refractivity contribution in [1.82, 2.24) is 3.93 Å². The molecule has 3 nitrogen and oxygen atoms in total. The molecule has 0 aromatic carbocycles. The van der Waals surface area contributed by atoms with Crippen LogP contribution in [0.25, 0.3) is 0 Å². The maximum Gasteiger partial charge on any atom is 0.265 e. The van der Waals surface area contributed by atoms with E-state index in [4.69, 9.17) is 5.73 Å². The van der Waals surface area contributed by atoms with Crippen molar-refractivity contribution in [2.24, 2.45) is 5.73 Å². The van der Waals surface area contributed by atoms with Gasteiger partial charge in [0.05, 0.1) is 16.1 Å². The largest absolute Gasteiger partial charge is 0.364 e. The number of primary amides is 1. The summed E-state index contributed by atoms with van der Waals surface area (Å²) >= 11 is 3.24. The molecule has 0 unspecified atom stereocenters. The molecule has 1 aliphatic rings. The van der Waals surface area contributed by atoms with Crippen LogP contribution < -0.4 is 5.73 Å². The average Bonchev–Trinajstić information content (AvgIpc) is 2.16. The number of amides is 1. The van der Waals surface area contributed by atoms with Crippen molar-refractivity contribution in [2.45, 2.75) is 6.42 Å². The number of nitrogens with zero attached hydrogens (tertiary/aromatic N) is 1. The minimum atomic E-state index is -0.431. The van der Waals surface area contributed by atoms with E-state index in [-0.39, 0.29) is 0 Å². The first kappa shape index (κ1) is 11.0. The molecule has 1 heterocycles. The normalized spacial score (nSPS) is 15.9. The SMILES string of the molecule is C=CC[CH]C1=CCN(Br)C(C(N)=O)=C1. The summed E-state index contributed by atoms with van der Waals surface area (Å²) in [7, 11) is 0. The second-order valence-electron chi connectivity index (χ2n) is 2.87. The fourth-order valence-electron chi connectivity index (χ4n) is 1.12. The lowest BCUT2D eigenvalue weighted by molar-refractivity contribution is -0.115. The number of carbonyl (C=O) groups excluding carboxylic acids is 1. The molecule has 75 valence electrons. The minimum absolute atomic E-state index is 0.431. The fraction of sp³-hybridized carbons (Fsp3) is 0.200. The third kappa shape index (κ3) is 2.73. The monoisotopic (exact) mass is 255 g/mol. The number of rotatable bonds is 4. The summed E-state index contributed by atoms with van der Waals surface area (Å²) in [6.07, 6.45) is 8.35. The molecule has 0 atom stereocenters. The fourth-order valence-corrected chi connectivity index (χ4v) is 1.55. The van der Waals surface area contributed by atoms with Crippen LogP contribution in [0.2, 0.25) is 0 Å². The third-order valence-corrected chi connectivity index (χ3v) is 2.50. The number of hydrogen-bond donors (Lipinski definition) is 1. The maximum atomic E-state index is 11.0. The van der Waals surface area contributed by atoms with Crippen LogP contribution in [0.5, 0.6) is 0 Å². The van der Waals surface area contributed by atoms with Gasteiger partial charge >= 0.3 is 0 Å².